The number of anilines is 1. The van der Waals surface area contributed by atoms with Crippen LogP contribution in [-0.4, -0.2) is 11.6 Å². The molecule has 0 bridgehead atoms. The highest BCUT2D eigenvalue weighted by Gasteiger charge is 2.14. The van der Waals surface area contributed by atoms with Crippen molar-refractivity contribution in [1.29, 1.82) is 0 Å². The van der Waals surface area contributed by atoms with Crippen LogP contribution in [0, 0.1) is 5.92 Å². The van der Waals surface area contributed by atoms with Crippen molar-refractivity contribution in [1.82, 2.24) is 4.98 Å². The first-order valence-electron chi connectivity index (χ1n) is 5.37. The number of rotatable bonds is 5. The van der Waals surface area contributed by atoms with E-state index < -0.39 is 0 Å². The fraction of sp³-hybridized carbons (Fsp3) is 0.700. The second-order valence-corrected chi connectivity index (χ2v) is 5.06. The van der Waals surface area contributed by atoms with Crippen molar-refractivity contribution in [3.8, 4) is 0 Å². The van der Waals surface area contributed by atoms with Crippen LogP contribution in [0.5, 0.6) is 0 Å². The molecule has 0 aromatic carbocycles. The Morgan fingerprint density at radius 3 is 3.00 bits per heavy atom. The number of hydrogen-bond acceptors (Lipinski definition) is 5. The zero-order valence-electron chi connectivity index (χ0n) is 8.74. The quantitative estimate of drug-likeness (QED) is 0.597. The molecule has 1 aliphatic rings. The monoisotopic (exact) mass is 227 g/mol. The van der Waals surface area contributed by atoms with Crippen molar-refractivity contribution in [2.45, 2.75) is 32.3 Å². The Morgan fingerprint density at radius 1 is 1.53 bits per heavy atom. The molecule has 0 unspecified atom stereocenters. The molecule has 1 aliphatic carbocycles. The van der Waals surface area contributed by atoms with Gasteiger partial charge in [-0.2, -0.15) is 0 Å². The third-order valence-corrected chi connectivity index (χ3v) is 3.65. The molecule has 15 heavy (non-hydrogen) atoms. The Labute approximate surface area is 93.8 Å². The minimum atomic E-state index is 0.663. The summed E-state index contributed by atoms with van der Waals surface area (Å²) in [5.74, 6) is 6.03. The van der Waals surface area contributed by atoms with Crippen LogP contribution in [0.3, 0.4) is 0 Å². The maximum atomic E-state index is 5.66. The molecule has 0 atom stereocenters. The maximum Gasteiger partial charge on any atom is 0.197 e. The molecule has 1 heterocycles. The molecule has 0 saturated heterocycles. The molecule has 3 N–H and O–H groups in total. The number of aromatic nitrogens is 1. The van der Waals surface area contributed by atoms with Gasteiger partial charge in [-0.1, -0.05) is 24.2 Å². The number of nitrogens with zero attached hydrogens (tertiary/aromatic N) is 1. The van der Waals surface area contributed by atoms with E-state index in [9.17, 15) is 0 Å². The lowest BCUT2D eigenvalue weighted by molar-refractivity contribution is 0.0905. The number of ether oxygens (including phenoxy) is 1. The second kappa shape index (κ2) is 5.44. The van der Waals surface area contributed by atoms with Crippen LogP contribution in [0.4, 0.5) is 5.13 Å². The van der Waals surface area contributed by atoms with Crippen molar-refractivity contribution in [2.24, 2.45) is 11.8 Å². The van der Waals surface area contributed by atoms with Gasteiger partial charge in [0.15, 0.2) is 5.13 Å². The highest BCUT2D eigenvalue weighted by molar-refractivity contribution is 7.15. The lowest BCUT2D eigenvalue weighted by Gasteiger charge is -2.08. The predicted molar refractivity (Wildman–Crippen MR) is 61.5 cm³/mol. The van der Waals surface area contributed by atoms with Crippen LogP contribution in [-0.2, 0) is 11.3 Å². The summed E-state index contributed by atoms with van der Waals surface area (Å²) in [7, 11) is 0. The SMILES string of the molecule is NNc1ncc(COCC2CCCC2)s1. The van der Waals surface area contributed by atoms with E-state index in [0.717, 1.165) is 22.5 Å². The van der Waals surface area contributed by atoms with Gasteiger partial charge in [-0.25, -0.2) is 10.8 Å². The molecule has 4 nitrogen and oxygen atoms in total. The lowest BCUT2D eigenvalue weighted by Crippen LogP contribution is -2.05. The van der Waals surface area contributed by atoms with Crippen LogP contribution in [0.1, 0.15) is 30.6 Å². The Hall–Kier alpha value is -0.650. The third kappa shape index (κ3) is 3.15. The van der Waals surface area contributed by atoms with E-state index in [-0.39, 0.29) is 0 Å². The first kappa shape index (κ1) is 10.9. The number of hydrogen-bond donors (Lipinski definition) is 2. The molecule has 1 aromatic heterocycles. The number of nitrogens with one attached hydrogen (secondary N) is 1. The molecule has 0 spiro atoms. The number of hydrazine groups is 1. The average Bonchev–Trinajstić information content (AvgIpc) is 2.88. The molecule has 84 valence electrons. The van der Waals surface area contributed by atoms with Gasteiger partial charge >= 0.3 is 0 Å². The first-order chi connectivity index (χ1) is 7.38. The fourth-order valence-electron chi connectivity index (χ4n) is 1.94. The molecule has 1 saturated carbocycles. The summed E-state index contributed by atoms with van der Waals surface area (Å²) >= 11 is 1.54. The van der Waals surface area contributed by atoms with Crippen molar-refractivity contribution in [2.75, 3.05) is 12.0 Å². The van der Waals surface area contributed by atoms with E-state index in [1.54, 1.807) is 11.3 Å². The summed E-state index contributed by atoms with van der Waals surface area (Å²) in [6.07, 6.45) is 7.22. The van der Waals surface area contributed by atoms with Gasteiger partial charge in [0.1, 0.15) is 0 Å². The highest BCUT2D eigenvalue weighted by atomic mass is 32.1. The molecular formula is C10H17N3OS. The number of thiazole rings is 1. The molecule has 0 amide bonds. The minimum absolute atomic E-state index is 0.663. The average molecular weight is 227 g/mol. The molecular weight excluding hydrogens is 210 g/mol. The third-order valence-electron chi connectivity index (χ3n) is 2.75. The van der Waals surface area contributed by atoms with Gasteiger partial charge in [-0.05, 0) is 18.8 Å². The molecule has 1 fully saturated rings. The van der Waals surface area contributed by atoms with Gasteiger partial charge in [0.05, 0.1) is 11.5 Å². The minimum Gasteiger partial charge on any atom is -0.376 e. The van der Waals surface area contributed by atoms with Crippen LogP contribution in [0.15, 0.2) is 6.20 Å². The molecule has 1 aromatic rings. The van der Waals surface area contributed by atoms with Gasteiger partial charge in [0, 0.05) is 12.8 Å². The Balaban J connectivity index is 1.68. The van der Waals surface area contributed by atoms with Crippen molar-refractivity contribution in [3.05, 3.63) is 11.1 Å². The van der Waals surface area contributed by atoms with Crippen LogP contribution >= 0.6 is 11.3 Å². The number of nitrogens with two attached hydrogens (primary N) is 1. The van der Waals surface area contributed by atoms with E-state index in [0.29, 0.717) is 6.61 Å². The fourth-order valence-corrected chi connectivity index (χ4v) is 2.60. The molecule has 5 heteroatoms. The predicted octanol–water partition coefficient (Wildman–Crippen LogP) is 2.14. The first-order valence-corrected chi connectivity index (χ1v) is 6.19. The van der Waals surface area contributed by atoms with E-state index in [1.807, 2.05) is 6.20 Å². The zero-order chi connectivity index (χ0) is 10.5. The van der Waals surface area contributed by atoms with Crippen molar-refractivity contribution >= 4 is 16.5 Å². The summed E-state index contributed by atoms with van der Waals surface area (Å²) in [5.41, 5.74) is 2.53. The summed E-state index contributed by atoms with van der Waals surface area (Å²) in [5, 5.41) is 0.745. The Bertz CT molecular complexity index is 297. The summed E-state index contributed by atoms with van der Waals surface area (Å²) in [4.78, 5) is 5.21. The molecule has 0 aliphatic heterocycles. The molecule has 0 radical (unpaired) electrons. The Morgan fingerprint density at radius 2 is 2.33 bits per heavy atom. The molecule has 2 rings (SSSR count). The van der Waals surface area contributed by atoms with Crippen LogP contribution in [0.2, 0.25) is 0 Å². The summed E-state index contributed by atoms with van der Waals surface area (Å²) in [6.45, 7) is 1.55. The van der Waals surface area contributed by atoms with Crippen LogP contribution in [0.25, 0.3) is 0 Å². The van der Waals surface area contributed by atoms with Gasteiger partial charge in [0.25, 0.3) is 0 Å². The maximum absolute atomic E-state index is 5.66. The lowest BCUT2D eigenvalue weighted by atomic mass is 10.1. The van der Waals surface area contributed by atoms with Gasteiger partial charge < -0.3 is 4.74 Å². The zero-order valence-corrected chi connectivity index (χ0v) is 9.55. The van der Waals surface area contributed by atoms with E-state index in [2.05, 4.69) is 10.4 Å². The topological polar surface area (TPSA) is 60.2 Å². The van der Waals surface area contributed by atoms with Crippen LogP contribution < -0.4 is 11.3 Å². The van der Waals surface area contributed by atoms with Gasteiger partial charge in [0.2, 0.25) is 0 Å². The Kier molecular flexibility index (Phi) is 3.94. The largest absolute Gasteiger partial charge is 0.376 e. The second-order valence-electron chi connectivity index (χ2n) is 3.94. The van der Waals surface area contributed by atoms with Gasteiger partial charge in [-0.3, -0.25) is 5.43 Å². The standard InChI is InChI=1S/C10H17N3OS/c11-13-10-12-5-9(15-10)7-14-6-8-3-1-2-4-8/h5,8H,1-4,6-7,11H2,(H,12,13). The summed E-state index contributed by atoms with van der Waals surface area (Å²) in [6, 6.07) is 0. The van der Waals surface area contributed by atoms with E-state index in [4.69, 9.17) is 10.6 Å². The van der Waals surface area contributed by atoms with E-state index in [1.165, 1.54) is 25.7 Å². The smallest absolute Gasteiger partial charge is 0.197 e. The normalized spacial score (nSPS) is 17.1. The van der Waals surface area contributed by atoms with Gasteiger partial charge in [-0.15, -0.1) is 0 Å². The summed E-state index contributed by atoms with van der Waals surface area (Å²) < 4.78 is 5.66. The number of nitrogen functional groups attached to an aromatic ring is 1. The van der Waals surface area contributed by atoms with Crippen molar-refractivity contribution < 1.29 is 4.74 Å². The van der Waals surface area contributed by atoms with Crippen molar-refractivity contribution in [3.63, 3.8) is 0 Å². The highest BCUT2D eigenvalue weighted by Crippen LogP contribution is 2.25. The van der Waals surface area contributed by atoms with E-state index >= 15 is 0 Å².